The molecule has 1 unspecified atom stereocenters. The monoisotopic (exact) mass is 242 g/mol. The molecule has 2 rings (SSSR count). The van der Waals surface area contributed by atoms with Crippen LogP contribution in [0.3, 0.4) is 0 Å². The lowest BCUT2D eigenvalue weighted by Gasteiger charge is -2.15. The van der Waals surface area contributed by atoms with Crippen LogP contribution in [0.5, 0.6) is 5.75 Å². The first-order valence-electron chi connectivity index (χ1n) is 6.01. The Bertz CT molecular complexity index is 525. The Balaban J connectivity index is 2.22. The zero-order valence-corrected chi connectivity index (χ0v) is 10.8. The van der Waals surface area contributed by atoms with Gasteiger partial charge in [-0.3, -0.25) is 4.98 Å². The predicted octanol–water partition coefficient (Wildman–Crippen LogP) is 2.64. The van der Waals surface area contributed by atoms with E-state index in [0.717, 1.165) is 17.9 Å². The molecule has 0 saturated heterocycles. The van der Waals surface area contributed by atoms with Gasteiger partial charge in [-0.25, -0.2) is 0 Å². The summed E-state index contributed by atoms with van der Waals surface area (Å²) < 4.78 is 5.29. The van der Waals surface area contributed by atoms with E-state index in [-0.39, 0.29) is 6.04 Å². The predicted molar refractivity (Wildman–Crippen MR) is 72.6 cm³/mol. The van der Waals surface area contributed by atoms with Crippen LogP contribution in [0.4, 0.5) is 0 Å². The van der Waals surface area contributed by atoms with Gasteiger partial charge in [-0.05, 0) is 36.6 Å². The molecule has 0 fully saturated rings. The normalized spacial score (nSPS) is 12.2. The minimum Gasteiger partial charge on any atom is -0.495 e. The third kappa shape index (κ3) is 2.68. The second kappa shape index (κ2) is 5.65. The smallest absolute Gasteiger partial charge is 0.141 e. The number of hydrogen-bond acceptors (Lipinski definition) is 3. The van der Waals surface area contributed by atoms with Gasteiger partial charge in [-0.15, -0.1) is 0 Å². The minimum absolute atomic E-state index is 0.151. The van der Waals surface area contributed by atoms with E-state index in [0.29, 0.717) is 0 Å². The standard InChI is InChI=1S/C15H18N2O/c1-11-6-3-4-7-12(11)10-13(16)15-14(18-2)8-5-9-17-15/h3-9,13H,10,16H2,1-2H3. The van der Waals surface area contributed by atoms with Gasteiger partial charge in [0.05, 0.1) is 18.8 Å². The highest BCUT2D eigenvalue weighted by molar-refractivity contribution is 5.32. The fourth-order valence-electron chi connectivity index (χ4n) is 2.03. The third-order valence-corrected chi connectivity index (χ3v) is 3.07. The van der Waals surface area contributed by atoms with Gasteiger partial charge in [0.15, 0.2) is 0 Å². The molecule has 1 heterocycles. The van der Waals surface area contributed by atoms with Crippen molar-refractivity contribution in [3.05, 3.63) is 59.4 Å². The molecule has 1 atom stereocenters. The van der Waals surface area contributed by atoms with Crippen molar-refractivity contribution in [2.75, 3.05) is 7.11 Å². The first kappa shape index (κ1) is 12.6. The number of nitrogens with zero attached hydrogens (tertiary/aromatic N) is 1. The van der Waals surface area contributed by atoms with Crippen molar-refractivity contribution in [3.8, 4) is 5.75 Å². The Kier molecular flexibility index (Phi) is 3.95. The van der Waals surface area contributed by atoms with Crippen molar-refractivity contribution in [2.45, 2.75) is 19.4 Å². The molecule has 0 amide bonds. The molecular weight excluding hydrogens is 224 g/mol. The van der Waals surface area contributed by atoms with Gasteiger partial charge < -0.3 is 10.5 Å². The molecule has 0 radical (unpaired) electrons. The maximum Gasteiger partial charge on any atom is 0.141 e. The summed E-state index contributed by atoms with van der Waals surface area (Å²) in [7, 11) is 1.64. The summed E-state index contributed by atoms with van der Waals surface area (Å²) in [6.45, 7) is 2.09. The highest BCUT2D eigenvalue weighted by Crippen LogP contribution is 2.24. The Morgan fingerprint density at radius 3 is 2.72 bits per heavy atom. The van der Waals surface area contributed by atoms with Gasteiger partial charge >= 0.3 is 0 Å². The van der Waals surface area contributed by atoms with Gasteiger partial charge in [0.25, 0.3) is 0 Å². The van der Waals surface area contributed by atoms with Crippen LogP contribution in [0.15, 0.2) is 42.6 Å². The molecule has 2 aromatic rings. The Labute approximate surface area is 108 Å². The summed E-state index contributed by atoms with van der Waals surface area (Å²) >= 11 is 0. The number of methoxy groups -OCH3 is 1. The third-order valence-electron chi connectivity index (χ3n) is 3.07. The first-order chi connectivity index (χ1) is 8.72. The number of hydrogen-bond donors (Lipinski definition) is 1. The number of ether oxygens (including phenoxy) is 1. The Hall–Kier alpha value is -1.87. The van der Waals surface area contributed by atoms with Crippen molar-refractivity contribution in [1.29, 1.82) is 0 Å². The van der Waals surface area contributed by atoms with Crippen molar-refractivity contribution in [3.63, 3.8) is 0 Å². The lowest BCUT2D eigenvalue weighted by Crippen LogP contribution is -2.16. The lowest BCUT2D eigenvalue weighted by atomic mass is 9.99. The molecule has 1 aromatic heterocycles. The van der Waals surface area contributed by atoms with E-state index in [9.17, 15) is 0 Å². The molecule has 1 aromatic carbocycles. The zero-order valence-electron chi connectivity index (χ0n) is 10.8. The average molecular weight is 242 g/mol. The number of benzene rings is 1. The Morgan fingerprint density at radius 2 is 2.00 bits per heavy atom. The topological polar surface area (TPSA) is 48.1 Å². The highest BCUT2D eigenvalue weighted by atomic mass is 16.5. The first-order valence-corrected chi connectivity index (χ1v) is 6.01. The molecule has 0 spiro atoms. The zero-order chi connectivity index (χ0) is 13.0. The molecule has 0 aliphatic heterocycles. The summed E-state index contributed by atoms with van der Waals surface area (Å²) in [4.78, 5) is 4.33. The molecule has 0 aliphatic carbocycles. The molecule has 3 nitrogen and oxygen atoms in total. The van der Waals surface area contributed by atoms with Crippen LogP contribution in [0.25, 0.3) is 0 Å². The van der Waals surface area contributed by atoms with E-state index >= 15 is 0 Å². The van der Waals surface area contributed by atoms with Crippen molar-refractivity contribution >= 4 is 0 Å². The summed E-state index contributed by atoms with van der Waals surface area (Å²) in [5.41, 5.74) is 9.54. The van der Waals surface area contributed by atoms with Crippen LogP contribution in [0, 0.1) is 6.92 Å². The fourth-order valence-corrected chi connectivity index (χ4v) is 2.03. The number of nitrogens with two attached hydrogens (primary N) is 1. The maximum atomic E-state index is 6.23. The minimum atomic E-state index is -0.151. The van der Waals surface area contributed by atoms with E-state index in [1.807, 2.05) is 24.3 Å². The number of pyridine rings is 1. The molecule has 2 N–H and O–H groups in total. The van der Waals surface area contributed by atoms with Crippen LogP contribution in [-0.2, 0) is 6.42 Å². The Morgan fingerprint density at radius 1 is 1.22 bits per heavy atom. The number of aryl methyl sites for hydroxylation is 1. The van der Waals surface area contributed by atoms with Crippen LogP contribution < -0.4 is 10.5 Å². The van der Waals surface area contributed by atoms with Gasteiger partial charge in [0.1, 0.15) is 5.75 Å². The molecule has 18 heavy (non-hydrogen) atoms. The van der Waals surface area contributed by atoms with Gasteiger partial charge in [0, 0.05) is 6.20 Å². The van der Waals surface area contributed by atoms with Crippen molar-refractivity contribution < 1.29 is 4.74 Å². The van der Waals surface area contributed by atoms with Crippen LogP contribution >= 0.6 is 0 Å². The summed E-state index contributed by atoms with van der Waals surface area (Å²) in [5.74, 6) is 0.749. The van der Waals surface area contributed by atoms with Gasteiger partial charge in [-0.2, -0.15) is 0 Å². The van der Waals surface area contributed by atoms with Gasteiger partial charge in [-0.1, -0.05) is 24.3 Å². The van der Waals surface area contributed by atoms with Gasteiger partial charge in [0.2, 0.25) is 0 Å². The largest absolute Gasteiger partial charge is 0.495 e. The second-order valence-corrected chi connectivity index (χ2v) is 4.33. The van der Waals surface area contributed by atoms with E-state index < -0.39 is 0 Å². The summed E-state index contributed by atoms with van der Waals surface area (Å²) in [6, 6.07) is 11.9. The maximum absolute atomic E-state index is 6.23. The van der Waals surface area contributed by atoms with Crippen molar-refractivity contribution in [1.82, 2.24) is 4.98 Å². The van der Waals surface area contributed by atoms with Crippen LogP contribution in [0.1, 0.15) is 22.9 Å². The van der Waals surface area contributed by atoms with Crippen molar-refractivity contribution in [2.24, 2.45) is 5.73 Å². The number of aromatic nitrogens is 1. The molecule has 3 heteroatoms. The van der Waals surface area contributed by atoms with E-state index in [4.69, 9.17) is 10.5 Å². The summed E-state index contributed by atoms with van der Waals surface area (Å²) in [5, 5.41) is 0. The second-order valence-electron chi connectivity index (χ2n) is 4.33. The average Bonchev–Trinajstić information content (AvgIpc) is 2.41. The lowest BCUT2D eigenvalue weighted by molar-refractivity contribution is 0.401. The van der Waals surface area contributed by atoms with E-state index in [1.165, 1.54) is 11.1 Å². The highest BCUT2D eigenvalue weighted by Gasteiger charge is 2.14. The van der Waals surface area contributed by atoms with Crippen LogP contribution in [0.2, 0.25) is 0 Å². The molecule has 0 aliphatic rings. The van der Waals surface area contributed by atoms with Crippen LogP contribution in [-0.4, -0.2) is 12.1 Å². The number of rotatable bonds is 4. The fraction of sp³-hybridized carbons (Fsp3) is 0.267. The molecular formula is C15H18N2O. The van der Waals surface area contributed by atoms with E-state index in [1.54, 1.807) is 13.3 Å². The molecule has 0 saturated carbocycles. The molecule has 94 valence electrons. The van der Waals surface area contributed by atoms with E-state index in [2.05, 4.69) is 24.0 Å². The quantitative estimate of drug-likeness (QED) is 0.896. The summed E-state index contributed by atoms with van der Waals surface area (Å²) in [6.07, 6.45) is 2.51. The molecule has 0 bridgehead atoms. The SMILES string of the molecule is COc1cccnc1C(N)Cc1ccccc1C.